The molecule has 0 radical (unpaired) electrons. The van der Waals surface area contributed by atoms with Crippen LogP contribution in [0, 0.1) is 17.0 Å². The molecule has 1 aliphatic heterocycles. The van der Waals surface area contributed by atoms with Gasteiger partial charge >= 0.3 is 6.03 Å². The van der Waals surface area contributed by atoms with Crippen molar-refractivity contribution >= 4 is 46.9 Å². The number of nitrogens with one attached hydrogen (secondary N) is 1. The van der Waals surface area contributed by atoms with Crippen molar-refractivity contribution in [1.29, 1.82) is 0 Å². The SMILES string of the molecule is C=CCc1cc(/C=C2\C(=O)NC(=O)N(c3cccc(Cl)c3C)C2=O)cc(OCC)c1OCc1ccc([N+](=O)[O-])cc1. The zero-order valence-corrected chi connectivity index (χ0v) is 23.1. The maximum absolute atomic E-state index is 13.4. The standard InChI is InChI=1S/C30H26ClN3O7/c1-4-7-21-14-20(16-26(40-5-2)27(21)41-17-19-10-12-22(13-11-19)34(38)39)15-23-28(35)32-30(37)33(29(23)36)25-9-6-8-24(31)18(25)3/h4,6,8-16H,1,5,7,17H2,2-3H3,(H,32,35,37)/b23-15+. The number of nitro benzene ring substituents is 1. The number of anilines is 1. The Bertz CT molecular complexity index is 1580. The largest absolute Gasteiger partial charge is 0.490 e. The van der Waals surface area contributed by atoms with Crippen molar-refractivity contribution in [1.82, 2.24) is 5.32 Å². The van der Waals surface area contributed by atoms with Crippen molar-refractivity contribution in [2.75, 3.05) is 11.5 Å². The number of nitro groups is 1. The van der Waals surface area contributed by atoms with Crippen LogP contribution in [0.1, 0.15) is 29.2 Å². The summed E-state index contributed by atoms with van der Waals surface area (Å²) in [4.78, 5) is 50.2. The molecule has 1 N–H and O–H groups in total. The van der Waals surface area contributed by atoms with E-state index in [-0.39, 0.29) is 23.6 Å². The Balaban J connectivity index is 1.71. The lowest BCUT2D eigenvalue weighted by molar-refractivity contribution is -0.384. The summed E-state index contributed by atoms with van der Waals surface area (Å²) in [5, 5.41) is 13.5. The molecule has 4 amide bonds. The number of ether oxygens (including phenoxy) is 2. The van der Waals surface area contributed by atoms with Crippen molar-refractivity contribution in [3.05, 3.63) is 110 Å². The summed E-state index contributed by atoms with van der Waals surface area (Å²) in [6.07, 6.45) is 3.42. The summed E-state index contributed by atoms with van der Waals surface area (Å²) < 4.78 is 11.9. The minimum Gasteiger partial charge on any atom is -0.490 e. The molecule has 3 aromatic rings. The Kier molecular flexibility index (Phi) is 8.84. The van der Waals surface area contributed by atoms with Gasteiger partial charge in [0.2, 0.25) is 0 Å². The highest BCUT2D eigenvalue weighted by atomic mass is 35.5. The van der Waals surface area contributed by atoms with E-state index in [4.69, 9.17) is 21.1 Å². The lowest BCUT2D eigenvalue weighted by Gasteiger charge is -2.27. The summed E-state index contributed by atoms with van der Waals surface area (Å²) in [5.74, 6) is -0.843. The number of hydrogen-bond donors (Lipinski definition) is 1. The minimum atomic E-state index is -0.875. The van der Waals surface area contributed by atoms with Gasteiger partial charge in [-0.1, -0.05) is 23.7 Å². The molecule has 0 bridgehead atoms. The van der Waals surface area contributed by atoms with Gasteiger partial charge in [-0.15, -0.1) is 6.58 Å². The van der Waals surface area contributed by atoms with Crippen LogP contribution < -0.4 is 19.7 Å². The predicted molar refractivity (Wildman–Crippen MR) is 154 cm³/mol. The van der Waals surface area contributed by atoms with E-state index in [0.29, 0.717) is 51.8 Å². The van der Waals surface area contributed by atoms with E-state index in [1.807, 2.05) is 0 Å². The summed E-state index contributed by atoms with van der Waals surface area (Å²) in [7, 11) is 0. The van der Waals surface area contributed by atoms with Gasteiger partial charge in [0.05, 0.1) is 17.2 Å². The smallest absolute Gasteiger partial charge is 0.335 e. The lowest BCUT2D eigenvalue weighted by Crippen LogP contribution is -2.54. The molecular formula is C30H26ClN3O7. The molecular weight excluding hydrogens is 550 g/mol. The first-order chi connectivity index (χ1) is 19.6. The molecule has 0 aromatic heterocycles. The van der Waals surface area contributed by atoms with E-state index in [1.54, 1.807) is 62.4 Å². The summed E-state index contributed by atoms with van der Waals surface area (Å²) in [5.41, 5.74) is 2.32. The number of carbonyl (C=O) groups is 3. The molecule has 41 heavy (non-hydrogen) atoms. The molecule has 1 fully saturated rings. The van der Waals surface area contributed by atoms with E-state index in [9.17, 15) is 24.5 Å². The first kappa shape index (κ1) is 29.0. The monoisotopic (exact) mass is 575 g/mol. The zero-order valence-electron chi connectivity index (χ0n) is 22.3. The van der Waals surface area contributed by atoms with Gasteiger partial charge in [0, 0.05) is 22.7 Å². The number of barbiturate groups is 1. The van der Waals surface area contributed by atoms with Crippen LogP contribution in [0.25, 0.3) is 6.08 Å². The van der Waals surface area contributed by atoms with Gasteiger partial charge in [-0.25, -0.2) is 9.69 Å². The van der Waals surface area contributed by atoms with Crippen molar-refractivity contribution in [2.24, 2.45) is 0 Å². The predicted octanol–water partition coefficient (Wildman–Crippen LogP) is 5.93. The quantitative estimate of drug-likeness (QED) is 0.104. The molecule has 210 valence electrons. The number of benzene rings is 3. The van der Waals surface area contributed by atoms with E-state index in [2.05, 4.69) is 11.9 Å². The van der Waals surface area contributed by atoms with Crippen LogP contribution in [0.3, 0.4) is 0 Å². The molecule has 4 rings (SSSR count). The normalized spacial score (nSPS) is 14.2. The molecule has 0 atom stereocenters. The second-order valence-electron chi connectivity index (χ2n) is 8.99. The Labute approximate surface area is 241 Å². The number of carbonyl (C=O) groups excluding carboxylic acids is 3. The summed E-state index contributed by atoms with van der Waals surface area (Å²) >= 11 is 6.20. The molecule has 1 aliphatic rings. The molecule has 0 spiro atoms. The Morgan fingerprint density at radius 3 is 2.49 bits per heavy atom. The first-order valence-corrected chi connectivity index (χ1v) is 13.0. The minimum absolute atomic E-state index is 0.0272. The maximum Gasteiger partial charge on any atom is 0.335 e. The average Bonchev–Trinajstić information content (AvgIpc) is 2.93. The second-order valence-corrected chi connectivity index (χ2v) is 9.39. The molecule has 10 nitrogen and oxygen atoms in total. The maximum atomic E-state index is 13.4. The molecule has 0 saturated carbocycles. The van der Waals surface area contributed by atoms with Crippen molar-refractivity contribution in [3.8, 4) is 11.5 Å². The fraction of sp³-hybridized carbons (Fsp3) is 0.167. The molecule has 0 unspecified atom stereocenters. The van der Waals surface area contributed by atoms with E-state index in [0.717, 1.165) is 4.90 Å². The number of non-ortho nitro benzene ring substituents is 1. The zero-order chi connectivity index (χ0) is 29.7. The third kappa shape index (κ3) is 6.28. The average molecular weight is 576 g/mol. The van der Waals surface area contributed by atoms with Crippen LogP contribution in [-0.4, -0.2) is 29.4 Å². The Morgan fingerprint density at radius 2 is 1.83 bits per heavy atom. The number of rotatable bonds is 10. The van der Waals surface area contributed by atoms with Crippen LogP contribution in [-0.2, 0) is 22.6 Å². The number of allylic oxidation sites excluding steroid dienone is 1. The van der Waals surface area contributed by atoms with E-state index < -0.39 is 22.8 Å². The summed E-state index contributed by atoms with van der Waals surface area (Å²) in [6.45, 7) is 7.69. The van der Waals surface area contributed by atoms with Gasteiger partial charge in [0.25, 0.3) is 17.5 Å². The number of halogens is 1. The van der Waals surface area contributed by atoms with Gasteiger partial charge in [-0.2, -0.15) is 0 Å². The van der Waals surface area contributed by atoms with Gasteiger partial charge in [0.1, 0.15) is 12.2 Å². The number of imide groups is 2. The Hall–Kier alpha value is -4.96. The van der Waals surface area contributed by atoms with E-state index in [1.165, 1.54) is 18.2 Å². The first-order valence-electron chi connectivity index (χ1n) is 12.6. The third-order valence-electron chi connectivity index (χ3n) is 6.24. The van der Waals surface area contributed by atoms with Gasteiger partial charge in [-0.05, 0) is 79.4 Å². The van der Waals surface area contributed by atoms with Crippen LogP contribution in [0.5, 0.6) is 11.5 Å². The highest BCUT2D eigenvalue weighted by Crippen LogP contribution is 2.36. The van der Waals surface area contributed by atoms with Crippen molar-refractivity contribution in [3.63, 3.8) is 0 Å². The van der Waals surface area contributed by atoms with Crippen LogP contribution in [0.4, 0.5) is 16.2 Å². The van der Waals surface area contributed by atoms with E-state index >= 15 is 0 Å². The van der Waals surface area contributed by atoms with Gasteiger partial charge < -0.3 is 9.47 Å². The molecule has 3 aromatic carbocycles. The highest BCUT2D eigenvalue weighted by Gasteiger charge is 2.37. The Morgan fingerprint density at radius 1 is 1.10 bits per heavy atom. The molecule has 1 saturated heterocycles. The summed E-state index contributed by atoms with van der Waals surface area (Å²) in [6, 6.07) is 13.3. The highest BCUT2D eigenvalue weighted by molar-refractivity contribution is 6.40. The fourth-order valence-electron chi connectivity index (χ4n) is 4.25. The van der Waals surface area contributed by atoms with Crippen LogP contribution in [0.2, 0.25) is 5.02 Å². The number of amides is 4. The molecule has 0 aliphatic carbocycles. The number of hydrogen-bond acceptors (Lipinski definition) is 7. The molecule has 11 heteroatoms. The van der Waals surface area contributed by atoms with Gasteiger partial charge in [0.15, 0.2) is 11.5 Å². The van der Waals surface area contributed by atoms with Crippen LogP contribution >= 0.6 is 11.6 Å². The topological polar surface area (TPSA) is 128 Å². The van der Waals surface area contributed by atoms with Crippen molar-refractivity contribution < 1.29 is 28.8 Å². The number of nitrogens with zero attached hydrogens (tertiary/aromatic N) is 2. The molecule has 1 heterocycles. The lowest BCUT2D eigenvalue weighted by atomic mass is 10.0. The second kappa shape index (κ2) is 12.5. The van der Waals surface area contributed by atoms with Crippen LogP contribution in [0.15, 0.2) is 72.8 Å². The fourth-order valence-corrected chi connectivity index (χ4v) is 4.42. The number of urea groups is 1. The third-order valence-corrected chi connectivity index (χ3v) is 6.65. The van der Waals surface area contributed by atoms with Gasteiger partial charge in [-0.3, -0.25) is 25.0 Å². The van der Waals surface area contributed by atoms with Crippen molar-refractivity contribution in [2.45, 2.75) is 26.9 Å².